The fourth-order valence-electron chi connectivity index (χ4n) is 6.10. The smallest absolute Gasteiger partial charge is 0.277 e. The van der Waals surface area contributed by atoms with Crippen LogP contribution in [0.25, 0.3) is 0 Å². The Morgan fingerprint density at radius 1 is 1.17 bits per heavy atom. The molecule has 7 nitrogen and oxygen atoms in total. The molecule has 6 rings (SSSR count). The summed E-state index contributed by atoms with van der Waals surface area (Å²) in [5.74, 6) is 3.92. The molecular formula is C21H29N5O2S. The van der Waals surface area contributed by atoms with E-state index < -0.39 is 0 Å². The Morgan fingerprint density at radius 3 is 2.45 bits per heavy atom. The minimum atomic E-state index is -0.338. The molecule has 0 radical (unpaired) electrons. The molecule has 0 saturated heterocycles. The molecule has 0 unspecified atom stereocenters. The lowest BCUT2D eigenvalue weighted by molar-refractivity contribution is -0.115. The van der Waals surface area contributed by atoms with Gasteiger partial charge in [0.05, 0.1) is 11.4 Å². The number of hydrogen-bond acceptors (Lipinski definition) is 6. The molecule has 0 spiro atoms. The molecule has 2 aromatic heterocycles. The third-order valence-electron chi connectivity index (χ3n) is 6.96. The highest BCUT2D eigenvalue weighted by Gasteiger charge is 2.54. The average Bonchev–Trinajstić information content (AvgIpc) is 3.30. The number of amides is 1. The highest BCUT2D eigenvalue weighted by Crippen LogP contribution is 2.60. The molecule has 1 amide bonds. The van der Waals surface area contributed by atoms with Crippen LogP contribution in [0.4, 0.5) is 5.82 Å². The maximum absolute atomic E-state index is 12.7. The molecule has 4 aliphatic carbocycles. The summed E-state index contributed by atoms with van der Waals surface area (Å²) < 4.78 is 7.93. The quantitative estimate of drug-likeness (QED) is 0.702. The maximum Gasteiger partial charge on any atom is 0.277 e. The molecule has 1 N–H and O–H groups in total. The normalized spacial score (nSPS) is 31.4. The van der Waals surface area contributed by atoms with Crippen molar-refractivity contribution in [1.29, 1.82) is 0 Å². The first-order valence-electron chi connectivity index (χ1n) is 10.8. The molecule has 4 aliphatic rings. The summed E-state index contributed by atoms with van der Waals surface area (Å²) in [6.07, 6.45) is 9.45. The summed E-state index contributed by atoms with van der Waals surface area (Å²) in [6.45, 7) is 5.93. The maximum atomic E-state index is 12.7. The van der Waals surface area contributed by atoms with Crippen LogP contribution >= 0.6 is 11.8 Å². The fourth-order valence-corrected chi connectivity index (χ4v) is 6.79. The zero-order valence-corrected chi connectivity index (χ0v) is 18.1. The number of thioether (sulfide) groups is 1. The zero-order chi connectivity index (χ0) is 20.2. The first-order chi connectivity index (χ1) is 13.9. The Hall–Kier alpha value is -1.83. The van der Waals surface area contributed by atoms with Gasteiger partial charge in [0.2, 0.25) is 11.8 Å². The molecule has 8 heteroatoms. The Balaban J connectivity index is 1.25. The summed E-state index contributed by atoms with van der Waals surface area (Å²) in [6, 6.07) is 2.00. The standard InChI is InChI=1S/C21H29N5O2S/c1-12(2)26-17(4-5-22-26)23-18(27)13(3)29-20-25-24-19(28-20)21-9-14-6-15(10-21)8-16(7-14)11-21/h4-5,12-16H,6-11H2,1-3H3,(H,23,27)/t13-,14?,15?,16?,21?/m1/s1. The summed E-state index contributed by atoms with van der Waals surface area (Å²) in [7, 11) is 0. The highest BCUT2D eigenvalue weighted by atomic mass is 32.2. The summed E-state index contributed by atoms with van der Waals surface area (Å²) >= 11 is 1.33. The van der Waals surface area contributed by atoms with E-state index in [-0.39, 0.29) is 22.6 Å². The Kier molecular flexibility index (Phi) is 4.72. The van der Waals surface area contributed by atoms with Crippen LogP contribution in [-0.2, 0) is 10.2 Å². The molecule has 2 aromatic rings. The van der Waals surface area contributed by atoms with Crippen molar-refractivity contribution in [3.8, 4) is 0 Å². The number of anilines is 1. The summed E-state index contributed by atoms with van der Waals surface area (Å²) in [5.41, 5.74) is 0.0931. The van der Waals surface area contributed by atoms with Crippen molar-refractivity contribution in [3.63, 3.8) is 0 Å². The van der Waals surface area contributed by atoms with E-state index in [1.807, 2.05) is 26.8 Å². The van der Waals surface area contributed by atoms with E-state index in [1.165, 1.54) is 50.3 Å². The van der Waals surface area contributed by atoms with Crippen molar-refractivity contribution in [2.45, 2.75) is 81.2 Å². The molecule has 2 heterocycles. The van der Waals surface area contributed by atoms with Gasteiger partial charge in [0.1, 0.15) is 5.82 Å². The first-order valence-corrected chi connectivity index (χ1v) is 11.6. The highest BCUT2D eigenvalue weighted by molar-refractivity contribution is 8.00. The van der Waals surface area contributed by atoms with Crippen LogP contribution < -0.4 is 5.32 Å². The molecule has 156 valence electrons. The zero-order valence-electron chi connectivity index (χ0n) is 17.3. The number of aromatic nitrogens is 4. The topological polar surface area (TPSA) is 85.8 Å². The lowest BCUT2D eigenvalue weighted by atomic mass is 9.49. The van der Waals surface area contributed by atoms with Gasteiger partial charge in [-0.15, -0.1) is 10.2 Å². The summed E-state index contributed by atoms with van der Waals surface area (Å²) in [4.78, 5) is 12.7. The fraction of sp³-hybridized carbons (Fsp3) is 0.714. The van der Waals surface area contributed by atoms with Crippen LogP contribution in [0.2, 0.25) is 0 Å². The van der Waals surface area contributed by atoms with Crippen LogP contribution in [-0.4, -0.2) is 31.1 Å². The predicted molar refractivity (Wildman–Crippen MR) is 111 cm³/mol. The Bertz CT molecular complexity index is 869. The second-order valence-corrected chi connectivity index (χ2v) is 10.9. The Morgan fingerprint density at radius 2 is 1.83 bits per heavy atom. The third kappa shape index (κ3) is 3.49. The molecular weight excluding hydrogens is 386 g/mol. The van der Waals surface area contributed by atoms with Gasteiger partial charge in [-0.3, -0.25) is 4.79 Å². The van der Waals surface area contributed by atoms with Gasteiger partial charge >= 0.3 is 0 Å². The Labute approximate surface area is 175 Å². The molecule has 4 saturated carbocycles. The lowest BCUT2D eigenvalue weighted by Crippen LogP contribution is -2.48. The number of rotatable bonds is 6. The molecule has 4 bridgehead atoms. The van der Waals surface area contributed by atoms with E-state index in [1.54, 1.807) is 10.9 Å². The molecule has 4 fully saturated rings. The van der Waals surface area contributed by atoms with Crippen molar-refractivity contribution in [3.05, 3.63) is 18.2 Å². The van der Waals surface area contributed by atoms with E-state index in [4.69, 9.17) is 4.42 Å². The number of carbonyl (C=O) groups is 1. The lowest BCUT2D eigenvalue weighted by Gasteiger charge is -2.55. The van der Waals surface area contributed by atoms with Crippen molar-refractivity contribution in [1.82, 2.24) is 20.0 Å². The molecule has 1 atom stereocenters. The molecule has 0 aromatic carbocycles. The monoisotopic (exact) mass is 415 g/mol. The van der Waals surface area contributed by atoms with Crippen molar-refractivity contribution in [2.75, 3.05) is 5.32 Å². The second kappa shape index (κ2) is 7.15. The van der Waals surface area contributed by atoms with Gasteiger partial charge in [-0.1, -0.05) is 11.8 Å². The van der Waals surface area contributed by atoms with Gasteiger partial charge in [-0.25, -0.2) is 4.68 Å². The number of nitrogens with one attached hydrogen (secondary N) is 1. The molecule has 0 aliphatic heterocycles. The van der Waals surface area contributed by atoms with Gasteiger partial charge < -0.3 is 9.73 Å². The van der Waals surface area contributed by atoms with Crippen LogP contribution in [0, 0.1) is 17.8 Å². The van der Waals surface area contributed by atoms with Gasteiger partial charge in [0.15, 0.2) is 0 Å². The van der Waals surface area contributed by atoms with Crippen molar-refractivity contribution >= 4 is 23.5 Å². The summed E-state index contributed by atoms with van der Waals surface area (Å²) in [5, 5.41) is 16.1. The predicted octanol–water partition coefficient (Wildman–Crippen LogP) is 4.43. The average molecular weight is 416 g/mol. The van der Waals surface area contributed by atoms with E-state index in [0.717, 1.165) is 23.6 Å². The SMILES string of the molecule is CC(C)n1nccc1NC(=O)[C@@H](C)Sc1nnc(C23CC4CC(CC(C4)C2)C3)o1. The first kappa shape index (κ1) is 19.2. The van der Waals surface area contributed by atoms with Crippen molar-refractivity contribution < 1.29 is 9.21 Å². The van der Waals surface area contributed by atoms with Crippen molar-refractivity contribution in [2.24, 2.45) is 17.8 Å². The number of nitrogens with zero attached hydrogens (tertiary/aromatic N) is 4. The van der Waals surface area contributed by atoms with Crippen LogP contribution in [0.3, 0.4) is 0 Å². The van der Waals surface area contributed by atoms with Gasteiger partial charge in [-0.2, -0.15) is 5.10 Å². The van der Waals surface area contributed by atoms with E-state index >= 15 is 0 Å². The minimum Gasteiger partial charge on any atom is -0.415 e. The molecule has 29 heavy (non-hydrogen) atoms. The number of carbonyl (C=O) groups excluding carboxylic acids is 1. The van der Waals surface area contributed by atoms with Gasteiger partial charge in [0, 0.05) is 17.5 Å². The van der Waals surface area contributed by atoms with Gasteiger partial charge in [0.25, 0.3) is 5.22 Å². The largest absolute Gasteiger partial charge is 0.415 e. The van der Waals surface area contributed by atoms with Gasteiger partial charge in [-0.05, 0) is 77.0 Å². The van der Waals surface area contributed by atoms with E-state index in [0.29, 0.717) is 11.0 Å². The van der Waals surface area contributed by atoms with E-state index in [2.05, 4.69) is 20.6 Å². The third-order valence-corrected chi connectivity index (χ3v) is 7.89. The number of hydrogen-bond donors (Lipinski definition) is 1. The van der Waals surface area contributed by atoms with E-state index in [9.17, 15) is 4.79 Å². The second-order valence-electron chi connectivity index (χ2n) is 9.58. The van der Waals surface area contributed by atoms with Crippen LogP contribution in [0.1, 0.15) is 71.2 Å². The van der Waals surface area contributed by atoms with Crippen LogP contribution in [0.5, 0.6) is 0 Å². The minimum absolute atomic E-state index is 0.0908. The van der Waals surface area contributed by atoms with Crippen LogP contribution in [0.15, 0.2) is 21.9 Å².